The molecule has 0 saturated carbocycles. The SMILES string of the molecule is O=C(Nc1ncccc1C(=O)Nc1ccc(N2CCCCC2=O)cc1)c1ccc(Cl)cn1. The molecule has 0 bridgehead atoms. The van der Waals surface area contributed by atoms with Crippen LogP contribution in [0.5, 0.6) is 0 Å². The summed E-state index contributed by atoms with van der Waals surface area (Å²) >= 11 is 5.80. The highest BCUT2D eigenvalue weighted by molar-refractivity contribution is 6.30. The Morgan fingerprint density at radius 1 is 0.938 bits per heavy atom. The van der Waals surface area contributed by atoms with Crippen LogP contribution in [-0.4, -0.2) is 34.2 Å². The lowest BCUT2D eigenvalue weighted by Gasteiger charge is -2.26. The summed E-state index contributed by atoms with van der Waals surface area (Å²) in [5, 5.41) is 5.82. The number of nitrogens with one attached hydrogen (secondary N) is 2. The number of rotatable bonds is 5. The van der Waals surface area contributed by atoms with Crippen molar-refractivity contribution in [2.24, 2.45) is 0 Å². The summed E-state index contributed by atoms with van der Waals surface area (Å²) in [5.74, 6) is -0.717. The predicted molar refractivity (Wildman–Crippen MR) is 122 cm³/mol. The Balaban J connectivity index is 1.46. The fraction of sp³-hybridized carbons (Fsp3) is 0.174. The van der Waals surface area contributed by atoms with Crippen molar-refractivity contribution in [2.45, 2.75) is 19.3 Å². The standard InChI is InChI=1S/C23H20ClN5O3/c24-15-6-11-19(26-14-15)23(32)28-21-18(4-3-12-25-21)22(31)27-16-7-9-17(10-8-16)29-13-2-1-5-20(29)30/h3-4,6-12,14H,1-2,5,13H2,(H,27,31)(H,25,28,32). The number of anilines is 3. The summed E-state index contributed by atoms with van der Waals surface area (Å²) < 4.78 is 0. The first-order valence-electron chi connectivity index (χ1n) is 10.1. The van der Waals surface area contributed by atoms with Crippen LogP contribution in [0.15, 0.2) is 60.9 Å². The summed E-state index contributed by atoms with van der Waals surface area (Å²) in [6.45, 7) is 0.700. The first-order chi connectivity index (χ1) is 15.5. The molecule has 32 heavy (non-hydrogen) atoms. The van der Waals surface area contributed by atoms with Crippen molar-refractivity contribution in [1.82, 2.24) is 9.97 Å². The quantitative estimate of drug-likeness (QED) is 0.608. The topological polar surface area (TPSA) is 104 Å². The summed E-state index contributed by atoms with van der Waals surface area (Å²) in [6, 6.07) is 13.3. The van der Waals surface area contributed by atoms with Crippen molar-refractivity contribution in [3.05, 3.63) is 77.2 Å². The molecule has 2 aromatic heterocycles. The number of carbonyl (C=O) groups is 3. The second-order valence-electron chi connectivity index (χ2n) is 7.22. The van der Waals surface area contributed by atoms with E-state index >= 15 is 0 Å². The van der Waals surface area contributed by atoms with Gasteiger partial charge in [-0.25, -0.2) is 9.97 Å². The number of hydrogen-bond acceptors (Lipinski definition) is 5. The molecule has 1 aromatic carbocycles. The number of aromatic nitrogens is 2. The minimum absolute atomic E-state index is 0.110. The van der Waals surface area contributed by atoms with Crippen molar-refractivity contribution in [2.75, 3.05) is 22.1 Å². The summed E-state index contributed by atoms with van der Waals surface area (Å²) in [5.41, 5.74) is 1.71. The summed E-state index contributed by atoms with van der Waals surface area (Å²) in [4.78, 5) is 47.2. The highest BCUT2D eigenvalue weighted by atomic mass is 35.5. The third-order valence-electron chi connectivity index (χ3n) is 5.00. The van der Waals surface area contributed by atoms with E-state index in [4.69, 9.17) is 11.6 Å². The number of pyridine rings is 2. The number of piperidine rings is 1. The van der Waals surface area contributed by atoms with Crippen molar-refractivity contribution in [3.8, 4) is 0 Å². The van der Waals surface area contributed by atoms with Crippen LogP contribution in [0.2, 0.25) is 5.02 Å². The van der Waals surface area contributed by atoms with Crippen molar-refractivity contribution in [3.63, 3.8) is 0 Å². The van der Waals surface area contributed by atoms with Crippen LogP contribution in [0.3, 0.4) is 0 Å². The van der Waals surface area contributed by atoms with Gasteiger partial charge in [0.05, 0.1) is 10.6 Å². The maximum atomic E-state index is 12.8. The Bertz CT molecular complexity index is 1150. The second kappa shape index (κ2) is 9.57. The maximum absolute atomic E-state index is 12.8. The van der Waals surface area contributed by atoms with E-state index in [1.807, 2.05) is 0 Å². The third-order valence-corrected chi connectivity index (χ3v) is 5.23. The molecule has 3 heterocycles. The molecule has 1 saturated heterocycles. The average molecular weight is 450 g/mol. The molecule has 8 nitrogen and oxygen atoms in total. The minimum atomic E-state index is -0.509. The number of nitrogens with zero attached hydrogens (tertiary/aromatic N) is 3. The van der Waals surface area contributed by atoms with Crippen LogP contribution < -0.4 is 15.5 Å². The molecule has 1 fully saturated rings. The molecule has 0 unspecified atom stereocenters. The van der Waals surface area contributed by atoms with Crippen LogP contribution in [0.25, 0.3) is 0 Å². The van der Waals surface area contributed by atoms with Gasteiger partial charge >= 0.3 is 0 Å². The first-order valence-corrected chi connectivity index (χ1v) is 10.5. The lowest BCUT2D eigenvalue weighted by atomic mass is 10.1. The smallest absolute Gasteiger partial charge is 0.275 e. The van der Waals surface area contributed by atoms with Crippen LogP contribution >= 0.6 is 11.6 Å². The molecular formula is C23H20ClN5O3. The van der Waals surface area contributed by atoms with Gasteiger partial charge in [-0.1, -0.05) is 11.6 Å². The van der Waals surface area contributed by atoms with E-state index in [2.05, 4.69) is 20.6 Å². The summed E-state index contributed by atoms with van der Waals surface area (Å²) in [6.07, 6.45) is 5.29. The van der Waals surface area contributed by atoms with Crippen LogP contribution in [-0.2, 0) is 4.79 Å². The number of halogens is 1. The maximum Gasteiger partial charge on any atom is 0.275 e. The Kier molecular flexibility index (Phi) is 6.42. The van der Waals surface area contributed by atoms with Crippen LogP contribution in [0, 0.1) is 0 Å². The molecule has 3 aromatic rings. The van der Waals surface area contributed by atoms with Gasteiger partial charge in [-0.3, -0.25) is 14.4 Å². The number of hydrogen-bond donors (Lipinski definition) is 2. The van der Waals surface area contributed by atoms with E-state index in [9.17, 15) is 14.4 Å². The molecule has 2 N–H and O–H groups in total. The highest BCUT2D eigenvalue weighted by Gasteiger charge is 2.20. The van der Waals surface area contributed by atoms with E-state index in [0.29, 0.717) is 23.7 Å². The molecule has 0 aliphatic carbocycles. The van der Waals surface area contributed by atoms with Gasteiger partial charge < -0.3 is 15.5 Å². The molecule has 0 radical (unpaired) electrons. The van der Waals surface area contributed by atoms with Gasteiger partial charge in [0.15, 0.2) is 0 Å². The van der Waals surface area contributed by atoms with Crippen LogP contribution in [0.1, 0.15) is 40.1 Å². The zero-order valence-electron chi connectivity index (χ0n) is 17.0. The van der Waals surface area contributed by atoms with Gasteiger partial charge in [-0.2, -0.15) is 0 Å². The van der Waals surface area contributed by atoms with E-state index in [1.54, 1.807) is 47.4 Å². The van der Waals surface area contributed by atoms with Gasteiger partial charge in [-0.15, -0.1) is 0 Å². The molecule has 9 heteroatoms. The van der Waals surface area contributed by atoms with E-state index in [0.717, 1.165) is 18.5 Å². The van der Waals surface area contributed by atoms with Crippen LogP contribution in [0.4, 0.5) is 17.2 Å². The normalized spacial score (nSPS) is 13.5. The molecule has 0 spiro atoms. The Labute approximate surface area is 189 Å². The summed E-state index contributed by atoms with van der Waals surface area (Å²) in [7, 11) is 0. The third kappa shape index (κ3) is 4.92. The predicted octanol–water partition coefficient (Wildman–Crippen LogP) is 4.15. The fourth-order valence-electron chi connectivity index (χ4n) is 3.37. The van der Waals surface area contributed by atoms with Gasteiger partial charge in [0.1, 0.15) is 11.5 Å². The molecule has 3 amide bonds. The highest BCUT2D eigenvalue weighted by Crippen LogP contribution is 2.23. The Hall–Kier alpha value is -3.78. The zero-order valence-corrected chi connectivity index (χ0v) is 17.8. The molecular weight excluding hydrogens is 430 g/mol. The number of benzene rings is 1. The average Bonchev–Trinajstić information content (AvgIpc) is 2.81. The van der Waals surface area contributed by atoms with E-state index in [-0.39, 0.29) is 23.0 Å². The van der Waals surface area contributed by atoms with Gasteiger partial charge in [-0.05, 0) is 61.4 Å². The largest absolute Gasteiger partial charge is 0.322 e. The number of carbonyl (C=O) groups excluding carboxylic acids is 3. The van der Waals surface area contributed by atoms with Gasteiger partial charge in [0.2, 0.25) is 5.91 Å². The Morgan fingerprint density at radius 2 is 1.75 bits per heavy atom. The first kappa shape index (κ1) is 21.5. The fourth-order valence-corrected chi connectivity index (χ4v) is 3.48. The Morgan fingerprint density at radius 3 is 2.47 bits per heavy atom. The minimum Gasteiger partial charge on any atom is -0.322 e. The van der Waals surface area contributed by atoms with Crippen molar-refractivity contribution >= 4 is 46.5 Å². The lowest BCUT2D eigenvalue weighted by Crippen LogP contribution is -2.35. The molecule has 1 aliphatic heterocycles. The zero-order chi connectivity index (χ0) is 22.5. The lowest BCUT2D eigenvalue weighted by molar-refractivity contribution is -0.119. The molecule has 1 aliphatic rings. The van der Waals surface area contributed by atoms with E-state index < -0.39 is 11.8 Å². The monoisotopic (exact) mass is 449 g/mol. The number of amides is 3. The molecule has 0 atom stereocenters. The second-order valence-corrected chi connectivity index (χ2v) is 7.66. The van der Waals surface area contributed by atoms with Gasteiger partial charge in [0, 0.05) is 36.7 Å². The van der Waals surface area contributed by atoms with Gasteiger partial charge in [0.25, 0.3) is 11.8 Å². The molecule has 4 rings (SSSR count). The van der Waals surface area contributed by atoms with Crippen molar-refractivity contribution < 1.29 is 14.4 Å². The van der Waals surface area contributed by atoms with E-state index in [1.165, 1.54) is 18.5 Å². The van der Waals surface area contributed by atoms with Crippen molar-refractivity contribution in [1.29, 1.82) is 0 Å². The molecule has 162 valence electrons.